The van der Waals surface area contributed by atoms with E-state index in [-0.39, 0.29) is 37.4 Å². The lowest BCUT2D eigenvalue weighted by Gasteiger charge is -2.30. The van der Waals surface area contributed by atoms with Crippen molar-refractivity contribution in [1.29, 1.82) is 0 Å². The van der Waals surface area contributed by atoms with Gasteiger partial charge in [-0.25, -0.2) is 8.42 Å². The number of nitrogens with zero attached hydrogens (tertiary/aromatic N) is 2. The first kappa shape index (κ1) is 28.7. The summed E-state index contributed by atoms with van der Waals surface area (Å²) in [4.78, 5) is 27.7. The van der Waals surface area contributed by atoms with E-state index in [0.29, 0.717) is 17.1 Å². The molecule has 0 aliphatic heterocycles. The fourth-order valence-electron chi connectivity index (χ4n) is 3.71. The number of nitrogens with one attached hydrogen (secondary N) is 1. The molecule has 2 rings (SSSR count). The zero-order valence-electron chi connectivity index (χ0n) is 21.1. The van der Waals surface area contributed by atoms with Crippen molar-refractivity contribution in [1.82, 2.24) is 10.2 Å². The summed E-state index contributed by atoms with van der Waals surface area (Å²) in [6, 6.07) is 13.7. The predicted octanol–water partition coefficient (Wildman–Crippen LogP) is 4.53. The van der Waals surface area contributed by atoms with Crippen molar-refractivity contribution in [2.75, 3.05) is 17.1 Å². The number of hydrogen-bond acceptors (Lipinski definition) is 4. The number of sulfonamides is 1. The van der Waals surface area contributed by atoms with Crippen molar-refractivity contribution < 1.29 is 18.0 Å². The highest BCUT2D eigenvalue weighted by atomic mass is 35.5. The lowest BCUT2D eigenvalue weighted by Crippen LogP contribution is -2.49. The summed E-state index contributed by atoms with van der Waals surface area (Å²) in [5.41, 5.74) is 2.24. The van der Waals surface area contributed by atoms with Gasteiger partial charge in [0, 0.05) is 30.6 Å². The van der Waals surface area contributed by atoms with Crippen LogP contribution in [0.3, 0.4) is 0 Å². The minimum absolute atomic E-state index is 0.00879. The Bertz CT molecular complexity index is 1120. The first-order chi connectivity index (χ1) is 16.4. The second kappa shape index (κ2) is 12.9. The van der Waals surface area contributed by atoms with Gasteiger partial charge in [0.1, 0.15) is 6.04 Å². The normalized spacial score (nSPS) is 13.1. The molecule has 1 N–H and O–H groups in total. The molecule has 0 saturated carbocycles. The Morgan fingerprint density at radius 1 is 1.09 bits per heavy atom. The molecular formula is C26H36ClN3O4S. The maximum Gasteiger partial charge on any atom is 0.242 e. The zero-order chi connectivity index (χ0) is 26.2. The number of amides is 2. The van der Waals surface area contributed by atoms with E-state index in [1.807, 2.05) is 39.0 Å². The van der Waals surface area contributed by atoms with Gasteiger partial charge in [0.15, 0.2) is 0 Å². The van der Waals surface area contributed by atoms with Crippen molar-refractivity contribution in [3.05, 3.63) is 64.7 Å². The van der Waals surface area contributed by atoms with Gasteiger partial charge >= 0.3 is 0 Å². The molecule has 0 saturated heterocycles. The summed E-state index contributed by atoms with van der Waals surface area (Å²) in [6.07, 6.45) is 2.35. The molecule has 0 bridgehead atoms. The second-order valence-corrected chi connectivity index (χ2v) is 11.2. The Morgan fingerprint density at radius 3 is 2.37 bits per heavy atom. The van der Waals surface area contributed by atoms with Crippen LogP contribution in [0.5, 0.6) is 0 Å². The number of anilines is 1. The highest BCUT2D eigenvalue weighted by molar-refractivity contribution is 7.92. The van der Waals surface area contributed by atoms with E-state index in [1.54, 1.807) is 37.3 Å². The molecule has 7 nitrogen and oxygen atoms in total. The summed E-state index contributed by atoms with van der Waals surface area (Å²) in [5.74, 6) is -0.456. The van der Waals surface area contributed by atoms with Crippen molar-refractivity contribution in [3.63, 3.8) is 0 Å². The molecule has 0 heterocycles. The molecule has 2 aromatic rings. The monoisotopic (exact) mass is 521 g/mol. The predicted molar refractivity (Wildman–Crippen MR) is 142 cm³/mol. The average Bonchev–Trinajstić information content (AvgIpc) is 2.79. The van der Waals surface area contributed by atoms with E-state index < -0.39 is 16.1 Å². The van der Waals surface area contributed by atoms with Gasteiger partial charge in [0.25, 0.3) is 0 Å². The van der Waals surface area contributed by atoms with Crippen LogP contribution < -0.4 is 9.62 Å². The summed E-state index contributed by atoms with van der Waals surface area (Å²) in [6.45, 7) is 7.83. The molecule has 0 spiro atoms. The number of aryl methyl sites for hydroxylation is 1. The van der Waals surface area contributed by atoms with Crippen LogP contribution in [0.1, 0.15) is 51.2 Å². The molecular weight excluding hydrogens is 486 g/mol. The van der Waals surface area contributed by atoms with Crippen molar-refractivity contribution >= 4 is 39.1 Å². The zero-order valence-corrected chi connectivity index (χ0v) is 22.7. The molecule has 2 aromatic carbocycles. The Labute approximate surface area is 214 Å². The van der Waals surface area contributed by atoms with E-state index >= 15 is 0 Å². The first-order valence-corrected chi connectivity index (χ1v) is 14.0. The number of para-hydroxylation sites is 1. The van der Waals surface area contributed by atoms with Gasteiger partial charge in [-0.3, -0.25) is 13.9 Å². The van der Waals surface area contributed by atoms with Gasteiger partial charge in [-0.15, -0.1) is 0 Å². The fourth-order valence-corrected chi connectivity index (χ4v) is 4.94. The quantitative estimate of drug-likeness (QED) is 0.444. The molecule has 35 heavy (non-hydrogen) atoms. The molecule has 0 aliphatic rings. The van der Waals surface area contributed by atoms with Crippen LogP contribution in [-0.2, 0) is 26.2 Å². The average molecular weight is 522 g/mol. The van der Waals surface area contributed by atoms with E-state index in [9.17, 15) is 18.0 Å². The molecule has 2 atom stereocenters. The fraction of sp³-hybridized carbons (Fsp3) is 0.462. The van der Waals surface area contributed by atoms with Crippen LogP contribution in [0.15, 0.2) is 48.5 Å². The molecule has 2 amide bonds. The Hall–Kier alpha value is -2.58. The third-order valence-electron chi connectivity index (χ3n) is 5.95. The van der Waals surface area contributed by atoms with Crippen LogP contribution in [-0.4, -0.2) is 50.0 Å². The van der Waals surface area contributed by atoms with Crippen molar-refractivity contribution in [3.8, 4) is 0 Å². The largest absolute Gasteiger partial charge is 0.352 e. The van der Waals surface area contributed by atoms with Gasteiger partial charge < -0.3 is 10.2 Å². The van der Waals surface area contributed by atoms with Gasteiger partial charge in [-0.2, -0.15) is 0 Å². The lowest BCUT2D eigenvalue weighted by atomic mass is 10.1. The minimum Gasteiger partial charge on any atom is -0.352 e. The lowest BCUT2D eigenvalue weighted by molar-refractivity contribution is -0.140. The molecule has 192 valence electrons. The molecule has 0 radical (unpaired) electrons. The third kappa shape index (κ3) is 8.54. The summed E-state index contributed by atoms with van der Waals surface area (Å²) in [5, 5.41) is 3.49. The third-order valence-corrected chi connectivity index (χ3v) is 7.36. The highest BCUT2D eigenvalue weighted by Crippen LogP contribution is 2.23. The molecule has 0 aromatic heterocycles. The second-order valence-electron chi connectivity index (χ2n) is 8.87. The maximum absolute atomic E-state index is 13.3. The summed E-state index contributed by atoms with van der Waals surface area (Å²) < 4.78 is 26.3. The summed E-state index contributed by atoms with van der Waals surface area (Å²) in [7, 11) is -3.53. The van der Waals surface area contributed by atoms with Crippen LogP contribution in [0.4, 0.5) is 5.69 Å². The highest BCUT2D eigenvalue weighted by Gasteiger charge is 2.27. The molecule has 0 unspecified atom stereocenters. The van der Waals surface area contributed by atoms with E-state index in [1.165, 1.54) is 9.21 Å². The number of hydrogen-bond donors (Lipinski definition) is 1. The van der Waals surface area contributed by atoms with E-state index in [4.69, 9.17) is 11.6 Å². The van der Waals surface area contributed by atoms with E-state index in [0.717, 1.165) is 23.8 Å². The van der Waals surface area contributed by atoms with Crippen molar-refractivity contribution in [2.24, 2.45) is 0 Å². The topological polar surface area (TPSA) is 86.8 Å². The van der Waals surface area contributed by atoms with Crippen LogP contribution in [0.25, 0.3) is 0 Å². The van der Waals surface area contributed by atoms with Crippen LogP contribution in [0, 0.1) is 6.92 Å². The number of rotatable bonds is 12. The van der Waals surface area contributed by atoms with Gasteiger partial charge in [-0.1, -0.05) is 48.9 Å². The smallest absolute Gasteiger partial charge is 0.242 e. The molecule has 0 aliphatic carbocycles. The first-order valence-electron chi connectivity index (χ1n) is 11.8. The minimum atomic E-state index is -3.53. The number of carbonyl (C=O) groups is 2. The van der Waals surface area contributed by atoms with Crippen LogP contribution in [0.2, 0.25) is 5.02 Å². The van der Waals surface area contributed by atoms with Gasteiger partial charge in [-0.05, 0) is 62.9 Å². The number of halogens is 1. The Kier molecular flexibility index (Phi) is 10.6. The Balaban J connectivity index is 2.18. The Morgan fingerprint density at radius 2 is 1.77 bits per heavy atom. The molecule has 0 fully saturated rings. The van der Waals surface area contributed by atoms with Crippen molar-refractivity contribution in [2.45, 2.75) is 65.6 Å². The van der Waals surface area contributed by atoms with Crippen LogP contribution >= 0.6 is 11.6 Å². The maximum atomic E-state index is 13.3. The number of carbonyl (C=O) groups excluding carboxylic acids is 2. The standard InChI is InChI=1S/C26H36ClN3O4S/c1-6-20(3)28-26(32)21(4)29(18-22-12-9-13-23(27)17-22)25(31)15-10-16-30(35(5,33)34)24-14-8-7-11-19(24)2/h7-9,11-14,17,20-21H,6,10,15-16,18H2,1-5H3,(H,28,32)/t20-,21-/m0/s1. The summed E-state index contributed by atoms with van der Waals surface area (Å²) >= 11 is 6.12. The number of benzene rings is 2. The van der Waals surface area contributed by atoms with Gasteiger partial charge in [0.2, 0.25) is 21.8 Å². The SMILES string of the molecule is CC[C@H](C)NC(=O)[C@H](C)N(Cc1cccc(Cl)c1)C(=O)CCCN(c1ccccc1C)S(C)(=O)=O. The molecule has 9 heteroatoms. The van der Waals surface area contributed by atoms with Gasteiger partial charge in [0.05, 0.1) is 11.9 Å². The van der Waals surface area contributed by atoms with E-state index in [2.05, 4.69) is 5.32 Å².